The lowest BCUT2D eigenvalue weighted by Gasteiger charge is -2.26. The molecule has 0 aliphatic heterocycles. The summed E-state index contributed by atoms with van der Waals surface area (Å²) in [5, 5.41) is 0. The van der Waals surface area contributed by atoms with Crippen molar-refractivity contribution >= 4 is 0 Å². The Labute approximate surface area is 114 Å². The number of aromatic nitrogens is 1. The van der Waals surface area contributed by atoms with Crippen molar-refractivity contribution in [3.8, 4) is 11.5 Å². The van der Waals surface area contributed by atoms with Crippen molar-refractivity contribution in [1.82, 2.24) is 4.98 Å². The molecule has 0 bridgehead atoms. The van der Waals surface area contributed by atoms with Crippen molar-refractivity contribution in [2.45, 2.75) is 19.3 Å². The SMILES string of the molecule is COc1ccc(C(C)(C)c2cccnc2)cc1OC. The average Bonchev–Trinajstić information content (AvgIpc) is 2.47. The van der Waals surface area contributed by atoms with E-state index in [9.17, 15) is 0 Å². The summed E-state index contributed by atoms with van der Waals surface area (Å²) in [6.07, 6.45) is 3.69. The summed E-state index contributed by atoms with van der Waals surface area (Å²) in [6.45, 7) is 4.34. The Hall–Kier alpha value is -2.03. The molecule has 0 N–H and O–H groups in total. The van der Waals surface area contributed by atoms with E-state index in [4.69, 9.17) is 9.47 Å². The van der Waals surface area contributed by atoms with Crippen molar-refractivity contribution < 1.29 is 9.47 Å². The molecule has 0 radical (unpaired) electrons. The number of rotatable bonds is 4. The molecular formula is C16H19NO2. The van der Waals surface area contributed by atoms with Gasteiger partial charge in [-0.25, -0.2) is 0 Å². The normalized spacial score (nSPS) is 11.2. The van der Waals surface area contributed by atoms with Gasteiger partial charge in [0.05, 0.1) is 14.2 Å². The van der Waals surface area contributed by atoms with E-state index in [0.717, 1.165) is 17.1 Å². The number of ether oxygens (including phenoxy) is 2. The van der Waals surface area contributed by atoms with Gasteiger partial charge in [0.1, 0.15) is 0 Å². The van der Waals surface area contributed by atoms with E-state index in [0.29, 0.717) is 0 Å². The highest BCUT2D eigenvalue weighted by atomic mass is 16.5. The van der Waals surface area contributed by atoms with E-state index >= 15 is 0 Å². The van der Waals surface area contributed by atoms with Gasteiger partial charge in [-0.1, -0.05) is 26.0 Å². The quantitative estimate of drug-likeness (QED) is 0.841. The fourth-order valence-electron chi connectivity index (χ4n) is 2.12. The Balaban J connectivity index is 2.46. The number of benzene rings is 1. The maximum atomic E-state index is 5.37. The van der Waals surface area contributed by atoms with Crippen LogP contribution in [0.1, 0.15) is 25.0 Å². The molecule has 100 valence electrons. The predicted molar refractivity (Wildman–Crippen MR) is 75.9 cm³/mol. The van der Waals surface area contributed by atoms with Crippen LogP contribution in [-0.2, 0) is 5.41 Å². The number of pyridine rings is 1. The van der Waals surface area contributed by atoms with Crippen LogP contribution in [0.3, 0.4) is 0 Å². The second kappa shape index (κ2) is 5.31. The van der Waals surface area contributed by atoms with Crippen LogP contribution in [0.2, 0.25) is 0 Å². The lowest BCUT2D eigenvalue weighted by atomic mass is 9.79. The van der Waals surface area contributed by atoms with E-state index in [1.165, 1.54) is 5.56 Å². The Kier molecular flexibility index (Phi) is 3.74. The van der Waals surface area contributed by atoms with Gasteiger partial charge in [-0.3, -0.25) is 4.98 Å². The minimum Gasteiger partial charge on any atom is -0.493 e. The molecular weight excluding hydrogens is 238 g/mol. The van der Waals surface area contributed by atoms with Crippen molar-refractivity contribution in [3.05, 3.63) is 53.9 Å². The number of methoxy groups -OCH3 is 2. The third-order valence-corrected chi connectivity index (χ3v) is 3.49. The molecule has 0 amide bonds. The van der Waals surface area contributed by atoms with Crippen LogP contribution in [0, 0.1) is 0 Å². The van der Waals surface area contributed by atoms with Crippen LogP contribution in [0.5, 0.6) is 11.5 Å². The summed E-state index contributed by atoms with van der Waals surface area (Å²) in [5.41, 5.74) is 2.20. The summed E-state index contributed by atoms with van der Waals surface area (Å²) in [4.78, 5) is 4.20. The fraction of sp³-hybridized carbons (Fsp3) is 0.312. The molecule has 0 aliphatic rings. The number of hydrogen-bond acceptors (Lipinski definition) is 3. The van der Waals surface area contributed by atoms with Crippen molar-refractivity contribution in [1.29, 1.82) is 0 Å². The van der Waals surface area contributed by atoms with E-state index < -0.39 is 0 Å². The third kappa shape index (κ3) is 2.55. The van der Waals surface area contributed by atoms with Gasteiger partial charge in [0.2, 0.25) is 0 Å². The highest BCUT2D eigenvalue weighted by Crippen LogP contribution is 2.36. The molecule has 3 nitrogen and oxygen atoms in total. The highest BCUT2D eigenvalue weighted by molar-refractivity contribution is 5.47. The van der Waals surface area contributed by atoms with Gasteiger partial charge in [-0.15, -0.1) is 0 Å². The molecule has 1 aromatic carbocycles. The zero-order chi connectivity index (χ0) is 13.9. The molecule has 3 heteroatoms. The van der Waals surface area contributed by atoms with Crippen LogP contribution in [0.4, 0.5) is 0 Å². The Bertz CT molecular complexity index is 550. The zero-order valence-corrected chi connectivity index (χ0v) is 11.8. The lowest BCUT2D eigenvalue weighted by Crippen LogP contribution is -2.19. The molecule has 2 aromatic rings. The second-order valence-electron chi connectivity index (χ2n) is 4.94. The molecule has 0 aliphatic carbocycles. The van der Waals surface area contributed by atoms with E-state index in [-0.39, 0.29) is 5.41 Å². The standard InChI is InChI=1S/C16H19NO2/c1-16(2,13-6-5-9-17-11-13)12-7-8-14(18-3)15(10-12)19-4/h5-11H,1-4H3. The minimum atomic E-state index is -0.131. The largest absolute Gasteiger partial charge is 0.493 e. The lowest BCUT2D eigenvalue weighted by molar-refractivity contribution is 0.354. The van der Waals surface area contributed by atoms with E-state index in [1.54, 1.807) is 20.4 Å². The number of nitrogens with zero attached hydrogens (tertiary/aromatic N) is 1. The number of hydrogen-bond donors (Lipinski definition) is 0. The van der Waals surface area contributed by atoms with Gasteiger partial charge >= 0.3 is 0 Å². The third-order valence-electron chi connectivity index (χ3n) is 3.49. The van der Waals surface area contributed by atoms with Gasteiger partial charge in [0.15, 0.2) is 11.5 Å². The van der Waals surface area contributed by atoms with Crippen LogP contribution in [-0.4, -0.2) is 19.2 Å². The molecule has 0 atom stereocenters. The summed E-state index contributed by atoms with van der Waals surface area (Å²) in [5.74, 6) is 1.49. The summed E-state index contributed by atoms with van der Waals surface area (Å²) >= 11 is 0. The van der Waals surface area contributed by atoms with Gasteiger partial charge in [0.25, 0.3) is 0 Å². The minimum absolute atomic E-state index is 0.131. The monoisotopic (exact) mass is 257 g/mol. The predicted octanol–water partition coefficient (Wildman–Crippen LogP) is 3.42. The molecule has 19 heavy (non-hydrogen) atoms. The van der Waals surface area contributed by atoms with Gasteiger partial charge < -0.3 is 9.47 Å². The highest BCUT2D eigenvalue weighted by Gasteiger charge is 2.24. The molecule has 0 spiro atoms. The first kappa shape index (κ1) is 13.4. The molecule has 2 rings (SSSR count). The second-order valence-corrected chi connectivity index (χ2v) is 4.94. The average molecular weight is 257 g/mol. The Morgan fingerprint density at radius 3 is 2.26 bits per heavy atom. The van der Waals surface area contributed by atoms with Crippen LogP contribution < -0.4 is 9.47 Å². The molecule has 0 fully saturated rings. The smallest absolute Gasteiger partial charge is 0.161 e. The first-order valence-electron chi connectivity index (χ1n) is 6.22. The molecule has 0 unspecified atom stereocenters. The molecule has 1 aromatic heterocycles. The fourth-order valence-corrected chi connectivity index (χ4v) is 2.12. The van der Waals surface area contributed by atoms with Crippen LogP contribution >= 0.6 is 0 Å². The summed E-state index contributed by atoms with van der Waals surface area (Å²) in [6, 6.07) is 10.1. The van der Waals surface area contributed by atoms with E-state index in [2.05, 4.69) is 31.0 Å². The van der Waals surface area contributed by atoms with Crippen molar-refractivity contribution in [3.63, 3.8) is 0 Å². The maximum Gasteiger partial charge on any atom is 0.161 e. The van der Waals surface area contributed by atoms with Crippen LogP contribution in [0.15, 0.2) is 42.7 Å². The first-order valence-corrected chi connectivity index (χ1v) is 6.22. The van der Waals surface area contributed by atoms with Crippen LogP contribution in [0.25, 0.3) is 0 Å². The van der Waals surface area contributed by atoms with Crippen molar-refractivity contribution in [2.24, 2.45) is 0 Å². The van der Waals surface area contributed by atoms with E-state index in [1.807, 2.05) is 24.4 Å². The Morgan fingerprint density at radius 2 is 1.68 bits per heavy atom. The maximum absolute atomic E-state index is 5.37. The Morgan fingerprint density at radius 1 is 0.947 bits per heavy atom. The van der Waals surface area contributed by atoms with Gasteiger partial charge in [0, 0.05) is 17.8 Å². The molecule has 0 saturated carbocycles. The summed E-state index contributed by atoms with van der Waals surface area (Å²) < 4.78 is 10.6. The van der Waals surface area contributed by atoms with Gasteiger partial charge in [-0.2, -0.15) is 0 Å². The zero-order valence-electron chi connectivity index (χ0n) is 11.8. The van der Waals surface area contributed by atoms with Gasteiger partial charge in [-0.05, 0) is 29.3 Å². The first-order chi connectivity index (χ1) is 9.09. The topological polar surface area (TPSA) is 31.4 Å². The van der Waals surface area contributed by atoms with Crippen molar-refractivity contribution in [2.75, 3.05) is 14.2 Å². The molecule has 0 saturated heterocycles. The summed E-state index contributed by atoms with van der Waals surface area (Å²) in [7, 11) is 3.29. The molecule has 1 heterocycles.